The Morgan fingerprint density at radius 1 is 0.408 bits per heavy atom. The van der Waals surface area contributed by atoms with E-state index in [1.807, 2.05) is 0 Å². The van der Waals surface area contributed by atoms with Gasteiger partial charge in [-0.1, -0.05) is 26.2 Å². The molecule has 284 valence electrons. The zero-order chi connectivity index (χ0) is 36.0. The van der Waals surface area contributed by atoms with E-state index in [0.29, 0.717) is 85.7 Å². The van der Waals surface area contributed by atoms with Crippen molar-refractivity contribution in [3.63, 3.8) is 0 Å². The smallest absolute Gasteiger partial charge is 0.313 e. The molecule has 17 heteroatoms. The molecular formula is C32H49F5O12. The number of hydrogen-bond donors (Lipinski definition) is 0. The molecule has 0 saturated heterocycles. The largest absolute Gasteiger partial charge is 0.463 e. The molecule has 49 heavy (non-hydrogen) atoms. The van der Waals surface area contributed by atoms with Crippen molar-refractivity contribution < 1.29 is 78.9 Å². The van der Waals surface area contributed by atoms with Gasteiger partial charge in [0.05, 0.1) is 112 Å². The van der Waals surface area contributed by atoms with E-state index in [9.17, 15) is 31.5 Å². The van der Waals surface area contributed by atoms with E-state index in [4.69, 9.17) is 42.6 Å². The minimum absolute atomic E-state index is 0.0780. The number of hydrogen-bond acceptors (Lipinski definition) is 12. The number of halogens is 5. The highest BCUT2D eigenvalue weighted by molar-refractivity contribution is 5.72. The van der Waals surface area contributed by atoms with Crippen molar-refractivity contribution >= 4 is 11.9 Å². The molecule has 0 heterocycles. The predicted octanol–water partition coefficient (Wildman–Crippen LogP) is 4.32. The van der Waals surface area contributed by atoms with Crippen LogP contribution in [0.4, 0.5) is 22.0 Å². The minimum Gasteiger partial charge on any atom is -0.463 e. The molecule has 0 bridgehead atoms. The Labute approximate surface area is 283 Å². The van der Waals surface area contributed by atoms with E-state index < -0.39 is 47.2 Å². The van der Waals surface area contributed by atoms with Crippen LogP contribution in [0.3, 0.4) is 0 Å². The maximum absolute atomic E-state index is 13.5. The topological polar surface area (TPSA) is 126 Å². The summed E-state index contributed by atoms with van der Waals surface area (Å²) >= 11 is 0. The Morgan fingerprint density at radius 2 is 0.755 bits per heavy atom. The first-order valence-electron chi connectivity index (χ1n) is 16.3. The molecule has 0 aromatic heterocycles. The van der Waals surface area contributed by atoms with Gasteiger partial charge < -0.3 is 47.4 Å². The molecule has 0 saturated carbocycles. The molecule has 1 rings (SSSR count). The van der Waals surface area contributed by atoms with Crippen molar-refractivity contribution in [3.05, 3.63) is 29.1 Å². The first-order valence-corrected chi connectivity index (χ1v) is 16.3. The molecule has 1 aromatic rings. The van der Waals surface area contributed by atoms with Gasteiger partial charge in [0.15, 0.2) is 0 Å². The molecule has 0 fully saturated rings. The van der Waals surface area contributed by atoms with Crippen molar-refractivity contribution in [2.45, 2.75) is 45.4 Å². The summed E-state index contributed by atoms with van der Waals surface area (Å²) in [6.07, 6.45) is 4.14. The van der Waals surface area contributed by atoms with E-state index in [0.717, 1.165) is 25.7 Å². The molecule has 0 N–H and O–H groups in total. The van der Waals surface area contributed by atoms with E-state index in [2.05, 4.69) is 11.7 Å². The zero-order valence-electron chi connectivity index (χ0n) is 28.1. The number of esters is 2. The van der Waals surface area contributed by atoms with Crippen molar-refractivity contribution in [2.24, 2.45) is 0 Å². The predicted molar refractivity (Wildman–Crippen MR) is 163 cm³/mol. The Bertz CT molecular complexity index is 992. The Morgan fingerprint density at radius 3 is 1.14 bits per heavy atom. The van der Waals surface area contributed by atoms with Crippen molar-refractivity contribution in [2.75, 3.05) is 112 Å². The van der Waals surface area contributed by atoms with Gasteiger partial charge in [0, 0.05) is 6.42 Å². The Hall–Kier alpha value is -2.51. The summed E-state index contributed by atoms with van der Waals surface area (Å²) < 4.78 is 118. The highest BCUT2D eigenvalue weighted by Gasteiger charge is 2.28. The summed E-state index contributed by atoms with van der Waals surface area (Å²) in [6.45, 7) is 7.37. The summed E-state index contributed by atoms with van der Waals surface area (Å²) in [5.74, 6) is -14.3. The van der Waals surface area contributed by atoms with Gasteiger partial charge in [-0.05, 0) is 6.42 Å². The first-order chi connectivity index (χ1) is 23.8. The van der Waals surface area contributed by atoms with Crippen LogP contribution in [0.25, 0.3) is 0 Å². The number of unbranched alkanes of at least 4 members (excludes halogenated alkanes) is 3. The molecule has 0 amide bonds. The highest BCUT2D eigenvalue weighted by atomic mass is 19.2. The molecule has 0 radical (unpaired) electrons. The fourth-order valence-electron chi connectivity index (χ4n) is 3.62. The molecular weight excluding hydrogens is 671 g/mol. The maximum Gasteiger partial charge on any atom is 0.313 e. The lowest BCUT2D eigenvalue weighted by Gasteiger charge is -2.09. The maximum atomic E-state index is 13.5. The number of benzene rings is 1. The van der Waals surface area contributed by atoms with Crippen LogP contribution in [0.15, 0.2) is 0 Å². The highest BCUT2D eigenvalue weighted by Crippen LogP contribution is 2.29. The van der Waals surface area contributed by atoms with Gasteiger partial charge in [0.2, 0.25) is 34.8 Å². The summed E-state index contributed by atoms with van der Waals surface area (Å²) in [6, 6.07) is 0. The zero-order valence-corrected chi connectivity index (χ0v) is 28.1. The van der Waals surface area contributed by atoms with E-state index in [1.54, 1.807) is 0 Å². The Balaban J connectivity index is 1.77. The van der Waals surface area contributed by atoms with Crippen LogP contribution in [-0.2, 0) is 52.2 Å². The third kappa shape index (κ3) is 22.8. The van der Waals surface area contributed by atoms with Crippen molar-refractivity contribution in [3.8, 4) is 5.75 Å². The fraction of sp³-hybridized carbons (Fsp3) is 0.750. The first kappa shape index (κ1) is 44.5. The summed E-state index contributed by atoms with van der Waals surface area (Å²) in [5.41, 5.74) is 0. The monoisotopic (exact) mass is 720 g/mol. The average molecular weight is 721 g/mol. The lowest BCUT2D eigenvalue weighted by atomic mass is 10.2. The molecule has 0 unspecified atom stereocenters. The van der Waals surface area contributed by atoms with Crippen LogP contribution in [0.2, 0.25) is 0 Å². The van der Waals surface area contributed by atoms with Crippen LogP contribution < -0.4 is 4.74 Å². The van der Waals surface area contributed by atoms with Gasteiger partial charge in [0.1, 0.15) is 6.61 Å². The number of rotatable bonds is 33. The normalized spacial score (nSPS) is 11.3. The summed E-state index contributed by atoms with van der Waals surface area (Å²) in [7, 11) is 0. The fourth-order valence-corrected chi connectivity index (χ4v) is 3.62. The van der Waals surface area contributed by atoms with E-state index in [-0.39, 0.29) is 39.0 Å². The Kier molecular flexibility index (Phi) is 27.5. The van der Waals surface area contributed by atoms with Gasteiger partial charge >= 0.3 is 11.9 Å². The van der Waals surface area contributed by atoms with Crippen LogP contribution in [0, 0.1) is 29.1 Å². The van der Waals surface area contributed by atoms with Gasteiger partial charge in [-0.2, -0.15) is 8.78 Å². The molecule has 0 atom stereocenters. The second kappa shape index (κ2) is 30.3. The van der Waals surface area contributed by atoms with Crippen molar-refractivity contribution in [1.82, 2.24) is 0 Å². The molecule has 1 aromatic carbocycles. The van der Waals surface area contributed by atoms with Gasteiger partial charge in [-0.3, -0.25) is 9.59 Å². The summed E-state index contributed by atoms with van der Waals surface area (Å²) in [5, 5.41) is 0. The number of ether oxygens (including phenoxy) is 10. The molecule has 12 nitrogen and oxygen atoms in total. The van der Waals surface area contributed by atoms with Crippen LogP contribution >= 0.6 is 0 Å². The van der Waals surface area contributed by atoms with E-state index >= 15 is 0 Å². The van der Waals surface area contributed by atoms with Gasteiger partial charge in [-0.25, -0.2) is 13.2 Å². The average Bonchev–Trinajstić information content (AvgIpc) is 3.09. The van der Waals surface area contributed by atoms with Gasteiger partial charge in [-0.15, -0.1) is 0 Å². The third-order valence-corrected chi connectivity index (χ3v) is 6.17. The molecule has 0 aliphatic rings. The SMILES string of the molecule is CCCCCCC(=O)OCCOCCOCCOCCOCCOCCOCCOCCOCCC(=O)Oc1c(F)c(F)c(F)c(F)c1F. The van der Waals surface area contributed by atoms with Crippen LogP contribution in [-0.4, -0.2) is 124 Å². The van der Waals surface area contributed by atoms with E-state index in [1.165, 1.54) is 0 Å². The molecule has 0 spiro atoms. The van der Waals surface area contributed by atoms with Crippen LogP contribution in [0.5, 0.6) is 5.75 Å². The molecule has 0 aliphatic carbocycles. The standard InChI is InChI=1S/C32H49F5O12/c1-2-3-4-5-6-25(38)48-24-23-47-22-21-46-20-19-45-18-17-44-16-15-43-14-13-42-12-11-41-10-9-40-8-7-26(39)49-32-30(36)28(34)27(33)29(35)31(32)37/h2-24H2,1H3. The van der Waals surface area contributed by atoms with Crippen molar-refractivity contribution in [1.29, 1.82) is 0 Å². The second-order valence-electron chi connectivity index (χ2n) is 10.1. The lowest BCUT2D eigenvalue weighted by molar-refractivity contribution is -0.145. The quantitative estimate of drug-likeness (QED) is 0.0256. The van der Waals surface area contributed by atoms with Gasteiger partial charge in [0.25, 0.3) is 0 Å². The minimum atomic E-state index is -2.35. The number of carbonyl (C=O) groups excluding carboxylic acids is 2. The third-order valence-electron chi connectivity index (χ3n) is 6.17. The number of carbonyl (C=O) groups is 2. The molecule has 0 aliphatic heterocycles. The second-order valence-corrected chi connectivity index (χ2v) is 10.1. The summed E-state index contributed by atoms with van der Waals surface area (Å²) in [4.78, 5) is 23.2. The lowest BCUT2D eigenvalue weighted by Crippen LogP contribution is -2.16. The van der Waals surface area contributed by atoms with Crippen LogP contribution in [0.1, 0.15) is 45.4 Å².